The first-order valence-electron chi connectivity index (χ1n) is 8.19. The van der Waals surface area contributed by atoms with Gasteiger partial charge in [-0.1, -0.05) is 0 Å². The highest BCUT2D eigenvalue weighted by Crippen LogP contribution is 2.17. The van der Waals surface area contributed by atoms with Gasteiger partial charge < -0.3 is 20.3 Å². The standard InChI is InChI=1S/C16H31N5OS.HI/c1-6-17-16(18-8-10-21(4)9-7-11-22-5)19-12-15-13(2)20-14(3)23-15;/h6-12H2,1-5H3,(H2,17,18,19);1H. The highest BCUT2D eigenvalue weighted by Gasteiger charge is 2.05. The van der Waals surface area contributed by atoms with Crippen LogP contribution in [0.5, 0.6) is 0 Å². The molecule has 1 heterocycles. The smallest absolute Gasteiger partial charge is 0.191 e. The van der Waals surface area contributed by atoms with E-state index in [2.05, 4.69) is 39.5 Å². The Morgan fingerprint density at radius 3 is 2.62 bits per heavy atom. The van der Waals surface area contributed by atoms with E-state index in [0.717, 1.165) is 55.9 Å². The Hall–Kier alpha value is -0.450. The number of guanidine groups is 1. The predicted octanol–water partition coefficient (Wildman–Crippen LogP) is 2.40. The molecule has 2 N–H and O–H groups in total. The first kappa shape index (κ1) is 23.5. The van der Waals surface area contributed by atoms with E-state index in [0.29, 0.717) is 6.54 Å². The van der Waals surface area contributed by atoms with E-state index in [-0.39, 0.29) is 24.0 Å². The summed E-state index contributed by atoms with van der Waals surface area (Å²) in [6.07, 6.45) is 1.06. The van der Waals surface area contributed by atoms with E-state index in [1.54, 1.807) is 18.4 Å². The summed E-state index contributed by atoms with van der Waals surface area (Å²) in [7, 11) is 3.87. The van der Waals surface area contributed by atoms with Crippen LogP contribution in [-0.2, 0) is 11.3 Å². The Bertz CT molecular complexity index is 481. The normalized spacial score (nSPS) is 11.5. The lowest BCUT2D eigenvalue weighted by atomic mass is 10.4. The van der Waals surface area contributed by atoms with Crippen LogP contribution in [0.4, 0.5) is 0 Å². The van der Waals surface area contributed by atoms with E-state index in [1.807, 2.05) is 13.8 Å². The fourth-order valence-electron chi connectivity index (χ4n) is 2.17. The molecule has 24 heavy (non-hydrogen) atoms. The molecule has 0 amide bonds. The van der Waals surface area contributed by atoms with Crippen LogP contribution in [0.1, 0.15) is 28.9 Å². The number of ether oxygens (including phenoxy) is 1. The van der Waals surface area contributed by atoms with Crippen molar-refractivity contribution in [3.8, 4) is 0 Å². The van der Waals surface area contributed by atoms with E-state index < -0.39 is 0 Å². The molecule has 1 rings (SSSR count). The average molecular weight is 469 g/mol. The van der Waals surface area contributed by atoms with Crippen molar-refractivity contribution < 1.29 is 4.74 Å². The molecule has 0 fully saturated rings. The fourth-order valence-corrected chi connectivity index (χ4v) is 3.03. The van der Waals surface area contributed by atoms with Crippen molar-refractivity contribution in [2.75, 3.05) is 46.9 Å². The number of aryl methyl sites for hydroxylation is 2. The van der Waals surface area contributed by atoms with Gasteiger partial charge in [-0.15, -0.1) is 35.3 Å². The highest BCUT2D eigenvalue weighted by atomic mass is 127. The molecule has 140 valence electrons. The van der Waals surface area contributed by atoms with Crippen molar-refractivity contribution in [3.05, 3.63) is 15.6 Å². The molecule has 8 heteroatoms. The summed E-state index contributed by atoms with van der Waals surface area (Å²) in [5.74, 6) is 0.864. The number of nitrogens with one attached hydrogen (secondary N) is 2. The van der Waals surface area contributed by atoms with Gasteiger partial charge in [-0.3, -0.25) is 0 Å². The molecule has 0 spiro atoms. The van der Waals surface area contributed by atoms with Crippen molar-refractivity contribution in [1.29, 1.82) is 0 Å². The van der Waals surface area contributed by atoms with Gasteiger partial charge in [0.15, 0.2) is 5.96 Å². The minimum Gasteiger partial charge on any atom is -0.385 e. The molecule has 0 aromatic carbocycles. The number of nitrogens with zero attached hydrogens (tertiary/aromatic N) is 3. The highest BCUT2D eigenvalue weighted by molar-refractivity contribution is 14.0. The van der Waals surface area contributed by atoms with E-state index >= 15 is 0 Å². The zero-order valence-electron chi connectivity index (χ0n) is 15.5. The Labute approximate surface area is 167 Å². The zero-order chi connectivity index (χ0) is 17.1. The summed E-state index contributed by atoms with van der Waals surface area (Å²) >= 11 is 1.72. The summed E-state index contributed by atoms with van der Waals surface area (Å²) in [4.78, 5) is 12.6. The fraction of sp³-hybridized carbons (Fsp3) is 0.750. The number of hydrogen-bond acceptors (Lipinski definition) is 5. The topological polar surface area (TPSA) is 61.8 Å². The Morgan fingerprint density at radius 2 is 2.04 bits per heavy atom. The van der Waals surface area contributed by atoms with E-state index in [4.69, 9.17) is 4.74 Å². The molecular weight excluding hydrogens is 437 g/mol. The quantitative estimate of drug-likeness (QED) is 0.239. The van der Waals surface area contributed by atoms with Gasteiger partial charge in [0.2, 0.25) is 0 Å². The molecular formula is C16H32IN5OS. The molecule has 1 aromatic heterocycles. The minimum absolute atomic E-state index is 0. The number of methoxy groups -OCH3 is 1. The molecule has 0 saturated carbocycles. The van der Waals surface area contributed by atoms with Gasteiger partial charge >= 0.3 is 0 Å². The maximum atomic E-state index is 5.08. The van der Waals surface area contributed by atoms with Gasteiger partial charge in [-0.05, 0) is 34.2 Å². The second-order valence-electron chi connectivity index (χ2n) is 5.51. The number of halogens is 1. The summed E-state index contributed by atoms with van der Waals surface area (Å²) < 4.78 is 5.08. The third-order valence-corrected chi connectivity index (χ3v) is 4.46. The maximum Gasteiger partial charge on any atom is 0.191 e. The number of aromatic nitrogens is 1. The van der Waals surface area contributed by atoms with Crippen molar-refractivity contribution >= 4 is 41.3 Å². The maximum absolute atomic E-state index is 5.08. The Kier molecular flexibility index (Phi) is 13.5. The largest absolute Gasteiger partial charge is 0.385 e. The second-order valence-corrected chi connectivity index (χ2v) is 6.80. The molecule has 0 aliphatic heterocycles. The molecule has 6 nitrogen and oxygen atoms in total. The van der Waals surface area contributed by atoms with Crippen LogP contribution in [0, 0.1) is 13.8 Å². The summed E-state index contributed by atoms with van der Waals surface area (Å²) in [6.45, 7) is 11.4. The third kappa shape index (κ3) is 9.75. The molecule has 0 radical (unpaired) electrons. The Balaban J connectivity index is 0.00000529. The molecule has 0 bridgehead atoms. The molecule has 0 atom stereocenters. The number of likely N-dealkylation sites (N-methyl/N-ethyl adjacent to an activating group) is 1. The van der Waals surface area contributed by atoms with Crippen molar-refractivity contribution in [2.24, 2.45) is 4.99 Å². The number of hydrogen-bond donors (Lipinski definition) is 2. The number of aliphatic imine (C=N–C) groups is 1. The SMILES string of the molecule is CCNC(=NCc1sc(C)nc1C)NCCN(C)CCCOC.I. The van der Waals surface area contributed by atoms with Gasteiger partial charge in [0.25, 0.3) is 0 Å². The first-order chi connectivity index (χ1) is 11.1. The van der Waals surface area contributed by atoms with Crippen LogP contribution in [0.3, 0.4) is 0 Å². The van der Waals surface area contributed by atoms with Gasteiger partial charge in [0.05, 0.1) is 17.2 Å². The van der Waals surface area contributed by atoms with Gasteiger partial charge in [0.1, 0.15) is 0 Å². The van der Waals surface area contributed by atoms with Crippen molar-refractivity contribution in [3.63, 3.8) is 0 Å². The lowest BCUT2D eigenvalue weighted by Gasteiger charge is -2.18. The van der Waals surface area contributed by atoms with Gasteiger partial charge in [-0.2, -0.15) is 0 Å². The third-order valence-electron chi connectivity index (χ3n) is 3.40. The summed E-state index contributed by atoms with van der Waals surface area (Å²) in [6, 6.07) is 0. The van der Waals surface area contributed by atoms with Crippen LogP contribution in [0.15, 0.2) is 4.99 Å². The monoisotopic (exact) mass is 469 g/mol. The first-order valence-corrected chi connectivity index (χ1v) is 9.01. The molecule has 0 aliphatic rings. The number of thiazole rings is 1. The Morgan fingerprint density at radius 1 is 1.29 bits per heavy atom. The molecule has 0 aliphatic carbocycles. The van der Waals surface area contributed by atoms with Crippen LogP contribution < -0.4 is 10.6 Å². The van der Waals surface area contributed by atoms with Crippen LogP contribution in [0.2, 0.25) is 0 Å². The summed E-state index contributed by atoms with van der Waals surface area (Å²) in [5, 5.41) is 7.78. The number of rotatable bonds is 10. The molecule has 0 unspecified atom stereocenters. The average Bonchev–Trinajstić information content (AvgIpc) is 2.83. The van der Waals surface area contributed by atoms with Crippen LogP contribution >= 0.6 is 35.3 Å². The minimum atomic E-state index is 0. The lowest BCUT2D eigenvalue weighted by molar-refractivity contribution is 0.180. The lowest BCUT2D eigenvalue weighted by Crippen LogP contribution is -2.41. The van der Waals surface area contributed by atoms with Gasteiger partial charge in [0, 0.05) is 44.8 Å². The van der Waals surface area contributed by atoms with Crippen molar-refractivity contribution in [1.82, 2.24) is 20.5 Å². The zero-order valence-corrected chi connectivity index (χ0v) is 18.7. The van der Waals surface area contributed by atoms with Crippen LogP contribution in [-0.4, -0.2) is 62.8 Å². The molecule has 0 saturated heterocycles. The van der Waals surface area contributed by atoms with E-state index in [9.17, 15) is 0 Å². The van der Waals surface area contributed by atoms with Crippen molar-refractivity contribution in [2.45, 2.75) is 33.7 Å². The summed E-state index contributed by atoms with van der Waals surface area (Å²) in [5.41, 5.74) is 1.09. The van der Waals surface area contributed by atoms with E-state index in [1.165, 1.54) is 4.88 Å². The molecule has 1 aromatic rings. The van der Waals surface area contributed by atoms with Gasteiger partial charge in [-0.25, -0.2) is 9.98 Å². The van der Waals surface area contributed by atoms with Crippen LogP contribution in [0.25, 0.3) is 0 Å². The predicted molar refractivity (Wildman–Crippen MR) is 114 cm³/mol. The second kappa shape index (κ2) is 13.8.